The van der Waals surface area contributed by atoms with E-state index in [0.717, 1.165) is 22.3 Å². The fourth-order valence-corrected chi connectivity index (χ4v) is 2.87. The summed E-state index contributed by atoms with van der Waals surface area (Å²) in [5.74, 6) is 1.29. The third kappa shape index (κ3) is 2.66. The van der Waals surface area contributed by atoms with Crippen LogP contribution in [0.3, 0.4) is 0 Å². The van der Waals surface area contributed by atoms with Crippen molar-refractivity contribution in [1.29, 1.82) is 0 Å². The van der Waals surface area contributed by atoms with Gasteiger partial charge in [0.1, 0.15) is 10.6 Å². The number of hydrogen-bond donors (Lipinski definition) is 1. The fraction of sp³-hybridized carbons (Fsp3) is 0.357. The van der Waals surface area contributed by atoms with Crippen LogP contribution in [0.15, 0.2) is 18.2 Å². The number of ether oxygens (including phenoxy) is 2. The van der Waals surface area contributed by atoms with Crippen molar-refractivity contribution in [2.24, 2.45) is 0 Å². The molecule has 1 N–H and O–H groups in total. The number of carbonyl (C=O) groups is 1. The number of carbonyl (C=O) groups excluding carboxylic acids is 1. The molecule has 4 nitrogen and oxygen atoms in total. The highest BCUT2D eigenvalue weighted by Gasteiger charge is 2.19. The molecule has 2 aromatic rings. The number of thiophene rings is 1. The number of benzene rings is 1. The predicted octanol–water partition coefficient (Wildman–Crippen LogP) is 3.06. The lowest BCUT2D eigenvalue weighted by Gasteiger charge is -2.06. The summed E-state index contributed by atoms with van der Waals surface area (Å²) in [4.78, 5) is 12.5. The van der Waals surface area contributed by atoms with E-state index in [1.54, 1.807) is 14.2 Å². The molecular formula is C14H17NO3S. The van der Waals surface area contributed by atoms with E-state index in [2.05, 4.69) is 5.32 Å². The van der Waals surface area contributed by atoms with E-state index in [1.165, 1.54) is 11.3 Å². The molecule has 0 saturated heterocycles. The molecule has 0 fully saturated rings. The van der Waals surface area contributed by atoms with Gasteiger partial charge in [0.2, 0.25) is 0 Å². The first-order valence-electron chi connectivity index (χ1n) is 6.16. The molecule has 1 amide bonds. The molecule has 1 heterocycles. The Labute approximate surface area is 116 Å². The van der Waals surface area contributed by atoms with Crippen LogP contribution in [0, 0.1) is 0 Å². The molecule has 0 aliphatic carbocycles. The number of fused-ring (bicyclic) bond motifs is 1. The lowest BCUT2D eigenvalue weighted by molar-refractivity contribution is 0.0963. The summed E-state index contributed by atoms with van der Waals surface area (Å²) < 4.78 is 12.0. The number of nitrogens with one attached hydrogen (secondary N) is 1. The minimum atomic E-state index is -0.119. The van der Waals surface area contributed by atoms with Crippen molar-refractivity contribution in [2.45, 2.75) is 13.3 Å². The van der Waals surface area contributed by atoms with Crippen LogP contribution in [0.2, 0.25) is 0 Å². The molecule has 5 heteroatoms. The minimum Gasteiger partial charge on any atom is -0.497 e. The largest absolute Gasteiger partial charge is 0.497 e. The van der Waals surface area contributed by atoms with Gasteiger partial charge in [-0.3, -0.25) is 4.79 Å². The van der Waals surface area contributed by atoms with Gasteiger partial charge in [0.15, 0.2) is 5.75 Å². The monoisotopic (exact) mass is 279 g/mol. The van der Waals surface area contributed by atoms with Gasteiger partial charge in [-0.25, -0.2) is 0 Å². The van der Waals surface area contributed by atoms with Crippen LogP contribution in [-0.4, -0.2) is 26.7 Å². The molecular weight excluding hydrogens is 262 g/mol. The van der Waals surface area contributed by atoms with Crippen LogP contribution < -0.4 is 14.8 Å². The van der Waals surface area contributed by atoms with Crippen LogP contribution in [0.1, 0.15) is 23.0 Å². The first-order valence-corrected chi connectivity index (χ1v) is 6.98. The van der Waals surface area contributed by atoms with E-state index in [0.29, 0.717) is 17.2 Å². The predicted molar refractivity (Wildman–Crippen MR) is 77.6 cm³/mol. The zero-order valence-electron chi connectivity index (χ0n) is 11.3. The summed E-state index contributed by atoms with van der Waals surface area (Å²) in [6.07, 6.45) is 0.897. The van der Waals surface area contributed by atoms with E-state index in [-0.39, 0.29) is 5.91 Å². The summed E-state index contributed by atoms with van der Waals surface area (Å²) in [6.45, 7) is 2.63. The van der Waals surface area contributed by atoms with Gasteiger partial charge in [-0.05, 0) is 24.6 Å². The third-order valence-corrected chi connectivity index (χ3v) is 3.88. The lowest BCUT2D eigenvalue weighted by Crippen LogP contribution is -2.17. The normalized spacial score (nSPS) is 10.5. The van der Waals surface area contributed by atoms with E-state index < -0.39 is 0 Å². The Kier molecular flexibility index (Phi) is 4.27. The van der Waals surface area contributed by atoms with Crippen molar-refractivity contribution >= 4 is 27.3 Å². The average Bonchev–Trinajstić information content (AvgIpc) is 2.81. The zero-order valence-corrected chi connectivity index (χ0v) is 12.1. The molecule has 2 rings (SSSR count). The van der Waals surface area contributed by atoms with Gasteiger partial charge < -0.3 is 14.8 Å². The topological polar surface area (TPSA) is 47.6 Å². The molecule has 0 atom stereocenters. The molecule has 0 saturated carbocycles. The van der Waals surface area contributed by atoms with Crippen molar-refractivity contribution < 1.29 is 14.3 Å². The Balaban J connectivity index is 2.56. The highest BCUT2D eigenvalue weighted by molar-refractivity contribution is 7.21. The van der Waals surface area contributed by atoms with E-state index in [1.807, 2.05) is 25.1 Å². The van der Waals surface area contributed by atoms with Crippen molar-refractivity contribution in [3.05, 3.63) is 23.1 Å². The Morgan fingerprint density at radius 2 is 2.21 bits per heavy atom. The summed E-state index contributed by atoms with van der Waals surface area (Å²) in [5.41, 5.74) is 0. The first-order chi connectivity index (χ1) is 9.21. The molecule has 1 aromatic carbocycles. The van der Waals surface area contributed by atoms with Crippen molar-refractivity contribution in [2.75, 3.05) is 20.8 Å². The number of rotatable bonds is 5. The maximum Gasteiger partial charge on any atom is 0.264 e. The standard InChI is InChI=1S/C14H17NO3S/c1-4-7-18-12-10-8-9(17-3)5-6-11(10)19-13(12)14(16)15-2/h5-6,8H,4,7H2,1-3H3,(H,15,16). The van der Waals surface area contributed by atoms with Crippen LogP contribution in [0.4, 0.5) is 0 Å². The van der Waals surface area contributed by atoms with Gasteiger partial charge in [-0.15, -0.1) is 11.3 Å². The summed E-state index contributed by atoms with van der Waals surface area (Å²) in [5, 5.41) is 3.58. The van der Waals surface area contributed by atoms with Gasteiger partial charge in [0.25, 0.3) is 5.91 Å². The molecule has 1 aromatic heterocycles. The second-order valence-corrected chi connectivity index (χ2v) is 5.10. The van der Waals surface area contributed by atoms with Crippen molar-refractivity contribution in [3.63, 3.8) is 0 Å². The van der Waals surface area contributed by atoms with Crippen LogP contribution >= 0.6 is 11.3 Å². The SMILES string of the molecule is CCCOc1c(C(=O)NC)sc2ccc(OC)cc12. The quantitative estimate of drug-likeness (QED) is 0.915. The third-order valence-electron chi connectivity index (χ3n) is 2.73. The van der Waals surface area contributed by atoms with E-state index >= 15 is 0 Å². The van der Waals surface area contributed by atoms with Gasteiger partial charge in [-0.2, -0.15) is 0 Å². The summed E-state index contributed by atoms with van der Waals surface area (Å²) in [6, 6.07) is 5.74. The molecule has 0 radical (unpaired) electrons. The molecule has 0 unspecified atom stereocenters. The Morgan fingerprint density at radius 1 is 1.42 bits per heavy atom. The van der Waals surface area contributed by atoms with Gasteiger partial charge in [0.05, 0.1) is 13.7 Å². The second kappa shape index (κ2) is 5.93. The summed E-state index contributed by atoms with van der Waals surface area (Å²) in [7, 11) is 3.25. The van der Waals surface area contributed by atoms with Crippen LogP contribution in [0.25, 0.3) is 10.1 Å². The zero-order chi connectivity index (χ0) is 13.8. The molecule has 19 heavy (non-hydrogen) atoms. The molecule has 102 valence electrons. The Morgan fingerprint density at radius 3 is 2.84 bits per heavy atom. The van der Waals surface area contributed by atoms with Crippen LogP contribution in [0.5, 0.6) is 11.5 Å². The van der Waals surface area contributed by atoms with Crippen molar-refractivity contribution in [3.8, 4) is 11.5 Å². The molecule has 0 aliphatic heterocycles. The van der Waals surface area contributed by atoms with Crippen LogP contribution in [-0.2, 0) is 0 Å². The maximum absolute atomic E-state index is 11.9. The fourth-order valence-electron chi connectivity index (χ4n) is 1.79. The number of methoxy groups -OCH3 is 1. The number of amides is 1. The lowest BCUT2D eigenvalue weighted by atomic mass is 10.2. The maximum atomic E-state index is 11.9. The molecule has 0 aliphatic rings. The second-order valence-electron chi connectivity index (χ2n) is 4.05. The first kappa shape index (κ1) is 13.7. The minimum absolute atomic E-state index is 0.119. The van der Waals surface area contributed by atoms with Gasteiger partial charge >= 0.3 is 0 Å². The van der Waals surface area contributed by atoms with Gasteiger partial charge in [0, 0.05) is 17.1 Å². The highest BCUT2D eigenvalue weighted by atomic mass is 32.1. The smallest absolute Gasteiger partial charge is 0.264 e. The number of hydrogen-bond acceptors (Lipinski definition) is 4. The van der Waals surface area contributed by atoms with E-state index in [4.69, 9.17) is 9.47 Å². The molecule has 0 spiro atoms. The van der Waals surface area contributed by atoms with Gasteiger partial charge in [-0.1, -0.05) is 6.92 Å². The Bertz CT molecular complexity index is 592. The van der Waals surface area contributed by atoms with E-state index in [9.17, 15) is 4.79 Å². The highest BCUT2D eigenvalue weighted by Crippen LogP contribution is 2.39. The average molecular weight is 279 g/mol. The molecule has 0 bridgehead atoms. The summed E-state index contributed by atoms with van der Waals surface area (Å²) >= 11 is 1.43. The Hall–Kier alpha value is -1.75. The van der Waals surface area contributed by atoms with Crippen molar-refractivity contribution in [1.82, 2.24) is 5.32 Å².